The first-order valence-electron chi connectivity index (χ1n) is 10.8. The molecule has 1 aromatic heterocycles. The number of aromatic nitrogens is 3. The average molecular weight is 466 g/mol. The van der Waals surface area contributed by atoms with Crippen LogP contribution in [0.2, 0.25) is 0 Å². The van der Waals surface area contributed by atoms with Gasteiger partial charge >= 0.3 is 0 Å². The maximum atomic E-state index is 13.7. The van der Waals surface area contributed by atoms with Gasteiger partial charge in [0.2, 0.25) is 17.4 Å². The summed E-state index contributed by atoms with van der Waals surface area (Å²) in [6, 6.07) is 12.6. The highest BCUT2D eigenvalue weighted by atomic mass is 16.5. The summed E-state index contributed by atoms with van der Waals surface area (Å²) in [6.45, 7) is 3.74. The van der Waals surface area contributed by atoms with Gasteiger partial charge in [-0.1, -0.05) is 18.2 Å². The van der Waals surface area contributed by atoms with Crippen molar-refractivity contribution in [2.45, 2.75) is 6.92 Å². The van der Waals surface area contributed by atoms with E-state index in [4.69, 9.17) is 14.2 Å². The Kier molecular flexibility index (Phi) is 6.67. The number of amides is 1. The zero-order valence-corrected chi connectivity index (χ0v) is 19.6. The molecule has 178 valence electrons. The van der Waals surface area contributed by atoms with Gasteiger partial charge in [0.05, 0.1) is 27.0 Å². The Morgan fingerprint density at radius 1 is 0.853 bits per heavy atom. The first-order chi connectivity index (χ1) is 16.5. The molecule has 0 saturated carbocycles. The zero-order chi connectivity index (χ0) is 24.2. The Hall–Kier alpha value is -4.08. The predicted octanol–water partition coefficient (Wildman–Crippen LogP) is 2.19. The zero-order valence-electron chi connectivity index (χ0n) is 19.6. The summed E-state index contributed by atoms with van der Waals surface area (Å²) in [5.41, 5.74) is 1.27. The minimum atomic E-state index is -0.328. The molecule has 3 aromatic rings. The number of para-hydroxylation sites is 1. The molecule has 2 heterocycles. The smallest absolute Gasteiger partial charge is 0.219 e. The second kappa shape index (κ2) is 9.82. The van der Waals surface area contributed by atoms with Crippen LogP contribution < -0.4 is 19.1 Å². The van der Waals surface area contributed by atoms with Crippen molar-refractivity contribution < 1.29 is 23.8 Å². The molecule has 0 bridgehead atoms. The lowest BCUT2D eigenvalue weighted by Crippen LogP contribution is -2.48. The van der Waals surface area contributed by atoms with Gasteiger partial charge in [-0.25, -0.2) is 0 Å². The highest BCUT2D eigenvalue weighted by molar-refractivity contribution is 6.11. The van der Waals surface area contributed by atoms with Gasteiger partial charge in [-0.2, -0.15) is 0 Å². The molecule has 0 N–H and O–H groups in total. The normalized spacial score (nSPS) is 13.5. The third-order valence-electron chi connectivity index (χ3n) is 5.75. The Balaban J connectivity index is 1.77. The molecule has 2 aromatic carbocycles. The van der Waals surface area contributed by atoms with Crippen LogP contribution in [0.15, 0.2) is 42.5 Å². The third-order valence-corrected chi connectivity index (χ3v) is 5.75. The quantitative estimate of drug-likeness (QED) is 0.490. The Bertz CT molecular complexity index is 1160. The fourth-order valence-electron chi connectivity index (χ4n) is 3.92. The SMILES string of the molecule is COc1cc(C(=O)c2nn(-c3ccccc3)nc2N2CCN(C(C)=O)CC2)cc(OC)c1OC. The number of methoxy groups -OCH3 is 3. The predicted molar refractivity (Wildman–Crippen MR) is 125 cm³/mol. The number of ketones is 1. The van der Waals surface area contributed by atoms with Gasteiger partial charge in [-0.3, -0.25) is 9.59 Å². The number of carbonyl (C=O) groups excluding carboxylic acids is 2. The minimum absolute atomic E-state index is 0.0290. The lowest BCUT2D eigenvalue weighted by molar-refractivity contribution is -0.129. The summed E-state index contributed by atoms with van der Waals surface area (Å²) in [4.78, 5) is 30.7. The average Bonchev–Trinajstić information content (AvgIpc) is 3.33. The van der Waals surface area contributed by atoms with E-state index in [1.807, 2.05) is 35.2 Å². The summed E-state index contributed by atoms with van der Waals surface area (Å²) in [7, 11) is 4.50. The molecule has 0 radical (unpaired) electrons. The van der Waals surface area contributed by atoms with E-state index in [-0.39, 0.29) is 17.4 Å². The van der Waals surface area contributed by atoms with Crippen molar-refractivity contribution in [3.8, 4) is 22.9 Å². The van der Waals surface area contributed by atoms with Crippen LogP contribution in [-0.4, -0.2) is 79.1 Å². The minimum Gasteiger partial charge on any atom is -0.493 e. The van der Waals surface area contributed by atoms with Crippen LogP contribution >= 0.6 is 0 Å². The molecule has 10 heteroatoms. The first-order valence-corrected chi connectivity index (χ1v) is 10.8. The molecule has 0 spiro atoms. The van der Waals surface area contributed by atoms with Crippen LogP contribution in [0.5, 0.6) is 17.2 Å². The monoisotopic (exact) mass is 465 g/mol. The van der Waals surface area contributed by atoms with Crippen LogP contribution in [0, 0.1) is 0 Å². The van der Waals surface area contributed by atoms with Gasteiger partial charge in [0, 0.05) is 38.7 Å². The van der Waals surface area contributed by atoms with Crippen LogP contribution in [0.1, 0.15) is 23.0 Å². The molecule has 1 amide bonds. The molecule has 1 aliphatic rings. The van der Waals surface area contributed by atoms with E-state index < -0.39 is 0 Å². The fraction of sp³-hybridized carbons (Fsp3) is 0.333. The van der Waals surface area contributed by atoms with E-state index in [0.717, 1.165) is 5.69 Å². The first kappa shape index (κ1) is 23.1. The number of nitrogens with zero attached hydrogens (tertiary/aromatic N) is 5. The van der Waals surface area contributed by atoms with Gasteiger partial charge in [0.15, 0.2) is 23.0 Å². The topological polar surface area (TPSA) is 99.0 Å². The maximum absolute atomic E-state index is 13.7. The summed E-state index contributed by atoms with van der Waals surface area (Å²) in [6.07, 6.45) is 0. The Morgan fingerprint density at radius 3 is 2.00 bits per heavy atom. The lowest BCUT2D eigenvalue weighted by Gasteiger charge is -2.34. The van der Waals surface area contributed by atoms with Crippen molar-refractivity contribution in [2.24, 2.45) is 0 Å². The third kappa shape index (κ3) is 4.39. The van der Waals surface area contributed by atoms with Crippen molar-refractivity contribution in [3.63, 3.8) is 0 Å². The van der Waals surface area contributed by atoms with Gasteiger partial charge in [-0.15, -0.1) is 15.0 Å². The number of hydrogen-bond donors (Lipinski definition) is 0. The molecular weight excluding hydrogens is 438 g/mol. The van der Waals surface area contributed by atoms with E-state index in [0.29, 0.717) is 54.8 Å². The van der Waals surface area contributed by atoms with Gasteiger partial charge in [-0.05, 0) is 24.3 Å². The second-order valence-corrected chi connectivity index (χ2v) is 7.73. The molecule has 0 aliphatic carbocycles. The fourth-order valence-corrected chi connectivity index (χ4v) is 3.92. The summed E-state index contributed by atoms with van der Waals surface area (Å²) < 4.78 is 16.2. The number of ether oxygens (including phenoxy) is 3. The molecule has 0 atom stereocenters. The lowest BCUT2D eigenvalue weighted by atomic mass is 10.1. The van der Waals surface area contributed by atoms with Crippen molar-refractivity contribution >= 4 is 17.5 Å². The highest BCUT2D eigenvalue weighted by Crippen LogP contribution is 2.39. The van der Waals surface area contributed by atoms with Gasteiger partial charge in [0.1, 0.15) is 0 Å². The van der Waals surface area contributed by atoms with Crippen molar-refractivity contribution in [2.75, 3.05) is 52.4 Å². The van der Waals surface area contributed by atoms with Crippen LogP contribution in [-0.2, 0) is 4.79 Å². The molecule has 4 rings (SSSR count). The number of hydrogen-bond acceptors (Lipinski definition) is 8. The maximum Gasteiger partial charge on any atom is 0.219 e. The van der Waals surface area contributed by atoms with E-state index in [9.17, 15) is 9.59 Å². The molecule has 10 nitrogen and oxygen atoms in total. The number of rotatable bonds is 7. The molecular formula is C24H27N5O5. The van der Waals surface area contributed by atoms with Crippen molar-refractivity contribution in [1.29, 1.82) is 0 Å². The van der Waals surface area contributed by atoms with E-state index in [1.165, 1.54) is 26.1 Å². The molecule has 1 aliphatic heterocycles. The number of carbonyl (C=O) groups is 2. The number of benzene rings is 2. The summed E-state index contributed by atoms with van der Waals surface area (Å²) in [5, 5.41) is 9.22. The van der Waals surface area contributed by atoms with Crippen LogP contribution in [0.3, 0.4) is 0 Å². The van der Waals surface area contributed by atoms with E-state index >= 15 is 0 Å². The standard InChI is InChI=1S/C24H27N5O5/c1-16(30)27-10-12-28(13-11-27)24-21(25-29(26-24)18-8-6-5-7-9-18)22(31)17-14-19(32-2)23(34-4)20(15-17)33-3/h5-9,14-15H,10-13H2,1-4H3. The molecule has 1 fully saturated rings. The van der Waals surface area contributed by atoms with E-state index in [1.54, 1.807) is 24.0 Å². The van der Waals surface area contributed by atoms with Crippen molar-refractivity contribution in [3.05, 3.63) is 53.7 Å². The summed E-state index contributed by atoms with van der Waals surface area (Å²) >= 11 is 0. The Morgan fingerprint density at radius 2 is 1.47 bits per heavy atom. The number of anilines is 1. The molecule has 0 unspecified atom stereocenters. The van der Waals surface area contributed by atoms with Crippen LogP contribution in [0.4, 0.5) is 5.82 Å². The Labute approximate surface area is 197 Å². The second-order valence-electron chi connectivity index (χ2n) is 7.73. The largest absolute Gasteiger partial charge is 0.493 e. The van der Waals surface area contributed by atoms with Crippen LogP contribution in [0.25, 0.3) is 5.69 Å². The van der Waals surface area contributed by atoms with Crippen molar-refractivity contribution in [1.82, 2.24) is 19.9 Å². The van der Waals surface area contributed by atoms with E-state index in [2.05, 4.69) is 10.2 Å². The number of piperazine rings is 1. The molecule has 34 heavy (non-hydrogen) atoms. The van der Waals surface area contributed by atoms with Gasteiger partial charge < -0.3 is 24.0 Å². The van der Waals surface area contributed by atoms with Gasteiger partial charge in [0.25, 0.3) is 0 Å². The summed E-state index contributed by atoms with van der Waals surface area (Å²) in [5.74, 6) is 1.31. The highest BCUT2D eigenvalue weighted by Gasteiger charge is 2.29. The molecule has 1 saturated heterocycles.